The molecular formula is C21H27ClN2O3S. The van der Waals surface area contributed by atoms with Crippen molar-refractivity contribution >= 4 is 29.3 Å². The van der Waals surface area contributed by atoms with Crippen LogP contribution in [-0.4, -0.2) is 53.6 Å². The van der Waals surface area contributed by atoms with E-state index in [2.05, 4.69) is 22.4 Å². The summed E-state index contributed by atoms with van der Waals surface area (Å²) in [5, 5.41) is 7.68. The molecule has 0 saturated carbocycles. The van der Waals surface area contributed by atoms with Crippen LogP contribution in [0.5, 0.6) is 0 Å². The van der Waals surface area contributed by atoms with Gasteiger partial charge in [0.05, 0.1) is 23.4 Å². The molecule has 1 unspecified atom stereocenters. The van der Waals surface area contributed by atoms with Crippen molar-refractivity contribution in [2.75, 3.05) is 27.3 Å². The maximum atomic E-state index is 11.5. The van der Waals surface area contributed by atoms with Gasteiger partial charge in [-0.3, -0.25) is 9.78 Å². The van der Waals surface area contributed by atoms with Crippen LogP contribution in [-0.2, 0) is 16.0 Å². The van der Waals surface area contributed by atoms with Crippen LogP contribution in [0.4, 0.5) is 0 Å². The number of pyridine rings is 1. The zero-order valence-corrected chi connectivity index (χ0v) is 18.1. The van der Waals surface area contributed by atoms with Crippen molar-refractivity contribution in [3.8, 4) is 11.3 Å². The lowest BCUT2D eigenvalue weighted by atomic mass is 10.1. The Balaban J connectivity index is 0.00000136. The molecule has 1 N–H and O–H groups in total. The predicted octanol–water partition coefficient (Wildman–Crippen LogP) is 4.26. The van der Waals surface area contributed by atoms with Gasteiger partial charge in [-0.1, -0.05) is 30.7 Å². The fourth-order valence-corrected chi connectivity index (χ4v) is 3.89. The summed E-state index contributed by atoms with van der Waals surface area (Å²) in [6, 6.07) is 11.9. The minimum atomic E-state index is 0.261. The topological polar surface area (TPSA) is 66.0 Å². The van der Waals surface area contributed by atoms with E-state index in [1.165, 1.54) is 0 Å². The highest BCUT2D eigenvalue weighted by Gasteiger charge is 2.24. The third-order valence-electron chi connectivity index (χ3n) is 4.20. The number of aryl methyl sites for hydroxylation is 1. The van der Waals surface area contributed by atoms with Gasteiger partial charge in [-0.15, -0.1) is 0 Å². The summed E-state index contributed by atoms with van der Waals surface area (Å²) in [4.78, 5) is 17.3. The van der Waals surface area contributed by atoms with E-state index in [0.717, 1.165) is 42.1 Å². The second kappa shape index (κ2) is 11.5. The molecule has 0 spiro atoms. The molecule has 1 aliphatic rings. The third kappa shape index (κ3) is 7.18. The first-order valence-corrected chi connectivity index (χ1v) is 10.4. The SMILES string of the molecule is CCC(=O)CCc1cccc(-c2ccc(SN(C)CC3CO3)cc2Cl)n1.CO. The van der Waals surface area contributed by atoms with E-state index in [1.807, 2.05) is 37.3 Å². The highest BCUT2D eigenvalue weighted by molar-refractivity contribution is 7.97. The number of carbonyl (C=O) groups is 1. The van der Waals surface area contributed by atoms with Gasteiger partial charge in [0.25, 0.3) is 0 Å². The zero-order chi connectivity index (χ0) is 20.5. The van der Waals surface area contributed by atoms with Crippen LogP contribution in [0.15, 0.2) is 41.3 Å². The Bertz CT molecular complexity index is 784. The van der Waals surface area contributed by atoms with Gasteiger partial charge in [0.1, 0.15) is 5.78 Å². The fourth-order valence-electron chi connectivity index (χ4n) is 2.65. The highest BCUT2D eigenvalue weighted by atomic mass is 35.5. The van der Waals surface area contributed by atoms with Gasteiger partial charge < -0.3 is 9.84 Å². The maximum absolute atomic E-state index is 11.5. The molecule has 7 heteroatoms. The molecule has 3 rings (SSSR count). The average molecular weight is 423 g/mol. The van der Waals surface area contributed by atoms with Gasteiger partial charge in [-0.2, -0.15) is 0 Å². The first-order valence-electron chi connectivity index (χ1n) is 9.28. The second-order valence-corrected chi connectivity index (χ2v) is 8.09. The van der Waals surface area contributed by atoms with Crippen LogP contribution in [0, 0.1) is 0 Å². The molecule has 1 atom stereocenters. The number of rotatable bonds is 9. The molecular weight excluding hydrogens is 396 g/mol. The number of ether oxygens (including phenoxy) is 1. The van der Waals surface area contributed by atoms with Crippen LogP contribution in [0.2, 0.25) is 5.02 Å². The number of Topliss-reactive ketones (excluding diaryl/α,β-unsaturated/α-hetero) is 1. The number of nitrogens with zero attached hydrogens (tertiary/aromatic N) is 2. The summed E-state index contributed by atoms with van der Waals surface area (Å²) in [7, 11) is 3.05. The van der Waals surface area contributed by atoms with Gasteiger partial charge >= 0.3 is 0 Å². The van der Waals surface area contributed by atoms with E-state index >= 15 is 0 Å². The summed E-state index contributed by atoms with van der Waals surface area (Å²) in [5.74, 6) is 0.261. The van der Waals surface area contributed by atoms with E-state index in [9.17, 15) is 4.79 Å². The zero-order valence-electron chi connectivity index (χ0n) is 16.5. The minimum Gasteiger partial charge on any atom is -0.400 e. The van der Waals surface area contributed by atoms with E-state index in [4.69, 9.17) is 21.4 Å². The van der Waals surface area contributed by atoms with Gasteiger partial charge in [-0.25, -0.2) is 4.31 Å². The number of hydrogen-bond acceptors (Lipinski definition) is 6. The first kappa shape index (κ1) is 22.8. The highest BCUT2D eigenvalue weighted by Crippen LogP contribution is 2.32. The van der Waals surface area contributed by atoms with Crippen molar-refractivity contribution in [2.24, 2.45) is 0 Å². The summed E-state index contributed by atoms with van der Waals surface area (Å²) < 4.78 is 7.42. The Labute approximate surface area is 176 Å². The van der Waals surface area contributed by atoms with Crippen molar-refractivity contribution < 1.29 is 14.6 Å². The number of likely N-dealkylation sites (N-methyl/N-ethyl adjacent to an activating group) is 1. The lowest BCUT2D eigenvalue weighted by Crippen LogP contribution is -2.15. The third-order valence-corrected chi connectivity index (χ3v) is 5.44. The van der Waals surface area contributed by atoms with Crippen LogP contribution in [0.25, 0.3) is 11.3 Å². The number of carbonyl (C=O) groups excluding carboxylic acids is 1. The number of aromatic nitrogens is 1. The molecule has 0 aliphatic carbocycles. The monoisotopic (exact) mass is 422 g/mol. The molecule has 1 fully saturated rings. The molecule has 152 valence electrons. The van der Waals surface area contributed by atoms with E-state index < -0.39 is 0 Å². The van der Waals surface area contributed by atoms with Gasteiger partial charge in [-0.05, 0) is 49.7 Å². The van der Waals surface area contributed by atoms with Crippen LogP contribution in [0.1, 0.15) is 25.5 Å². The Hall–Kier alpha value is -1.44. The summed E-state index contributed by atoms with van der Waals surface area (Å²) >= 11 is 8.18. The van der Waals surface area contributed by atoms with Crippen molar-refractivity contribution in [3.63, 3.8) is 0 Å². The Kier molecular flexibility index (Phi) is 9.41. The summed E-state index contributed by atoms with van der Waals surface area (Å²) in [6.07, 6.45) is 2.15. The summed E-state index contributed by atoms with van der Waals surface area (Å²) in [5.41, 5.74) is 2.67. The molecule has 0 bridgehead atoms. The standard InChI is InChI=1S/C20H23ClN2O2S.CH4O/c1-3-15(24)8-7-14-5-4-6-20(22-14)18-10-9-17(11-19(18)21)26-23(2)12-16-13-25-16;1-2/h4-6,9-11,16H,3,7-8,12-13H2,1-2H3;2H,1H3. The molecule has 5 nitrogen and oxygen atoms in total. The number of ketones is 1. The smallest absolute Gasteiger partial charge is 0.133 e. The Morgan fingerprint density at radius 3 is 2.75 bits per heavy atom. The van der Waals surface area contributed by atoms with Crippen molar-refractivity contribution in [1.29, 1.82) is 0 Å². The van der Waals surface area contributed by atoms with Crippen molar-refractivity contribution in [1.82, 2.24) is 9.29 Å². The number of benzene rings is 1. The largest absolute Gasteiger partial charge is 0.400 e. The van der Waals surface area contributed by atoms with Gasteiger partial charge in [0.2, 0.25) is 0 Å². The fraction of sp³-hybridized carbons (Fsp3) is 0.429. The van der Waals surface area contributed by atoms with Crippen molar-refractivity contribution in [2.45, 2.75) is 37.2 Å². The molecule has 2 heterocycles. The van der Waals surface area contributed by atoms with E-state index in [-0.39, 0.29) is 5.78 Å². The molecule has 2 aromatic rings. The Morgan fingerprint density at radius 2 is 2.11 bits per heavy atom. The maximum Gasteiger partial charge on any atom is 0.133 e. The number of hydrogen-bond donors (Lipinski definition) is 1. The molecule has 1 aromatic carbocycles. The second-order valence-electron chi connectivity index (χ2n) is 6.41. The predicted molar refractivity (Wildman–Crippen MR) is 115 cm³/mol. The van der Waals surface area contributed by atoms with Crippen LogP contribution < -0.4 is 0 Å². The lowest BCUT2D eigenvalue weighted by molar-refractivity contribution is -0.118. The van der Waals surface area contributed by atoms with Crippen molar-refractivity contribution in [3.05, 3.63) is 47.1 Å². The molecule has 28 heavy (non-hydrogen) atoms. The van der Waals surface area contributed by atoms with E-state index in [1.54, 1.807) is 11.9 Å². The minimum absolute atomic E-state index is 0.261. The lowest BCUT2D eigenvalue weighted by Gasteiger charge is -2.15. The summed E-state index contributed by atoms with van der Waals surface area (Å²) in [6.45, 7) is 3.65. The quantitative estimate of drug-likeness (QED) is 0.481. The van der Waals surface area contributed by atoms with E-state index in [0.29, 0.717) is 30.4 Å². The molecule has 1 aliphatic heterocycles. The molecule has 1 saturated heterocycles. The molecule has 0 amide bonds. The van der Waals surface area contributed by atoms with Crippen LogP contribution in [0.3, 0.4) is 0 Å². The number of halogens is 1. The molecule has 1 aromatic heterocycles. The van der Waals surface area contributed by atoms with Gasteiger partial charge in [0.15, 0.2) is 0 Å². The number of aliphatic hydroxyl groups excluding tert-OH is 1. The number of aliphatic hydroxyl groups is 1. The Morgan fingerprint density at radius 1 is 1.36 bits per heavy atom. The normalized spacial score (nSPS) is 15.1. The van der Waals surface area contributed by atoms with Crippen LogP contribution >= 0.6 is 23.5 Å². The average Bonchev–Trinajstić information content (AvgIpc) is 3.51. The van der Waals surface area contributed by atoms with Gasteiger partial charge in [0, 0.05) is 42.6 Å². The number of epoxide rings is 1. The first-order chi connectivity index (χ1) is 13.5. The molecule has 0 radical (unpaired) electrons.